The van der Waals surface area contributed by atoms with Gasteiger partial charge in [-0.2, -0.15) is 0 Å². The third kappa shape index (κ3) is 3.39. The number of benzene rings is 1. The summed E-state index contributed by atoms with van der Waals surface area (Å²) >= 11 is 0. The molecule has 18 heavy (non-hydrogen) atoms. The van der Waals surface area contributed by atoms with Gasteiger partial charge in [0.05, 0.1) is 5.56 Å². The quantitative estimate of drug-likeness (QED) is 0.747. The van der Waals surface area contributed by atoms with E-state index in [2.05, 4.69) is 4.90 Å². The minimum absolute atomic E-state index is 0.0771. The number of carbonyl (C=O) groups is 1. The van der Waals surface area contributed by atoms with E-state index >= 15 is 0 Å². The second kappa shape index (κ2) is 6.10. The van der Waals surface area contributed by atoms with Crippen LogP contribution in [-0.4, -0.2) is 30.3 Å². The molecule has 98 valence electrons. The molecule has 0 spiro atoms. The van der Waals surface area contributed by atoms with Crippen molar-refractivity contribution in [1.29, 1.82) is 0 Å². The molecule has 0 aliphatic carbocycles. The molecule has 1 aliphatic rings. The summed E-state index contributed by atoms with van der Waals surface area (Å²) in [5, 5.41) is 0. The lowest BCUT2D eigenvalue weighted by Gasteiger charge is -2.13. The highest BCUT2D eigenvalue weighted by molar-refractivity contribution is 5.96. The van der Waals surface area contributed by atoms with Crippen LogP contribution in [-0.2, 0) is 0 Å². The SMILES string of the molecule is Cc1ccc(C(=O)CCCN2CCCC2)c(F)c1. The summed E-state index contributed by atoms with van der Waals surface area (Å²) in [6.07, 6.45) is 3.80. The molecule has 1 fully saturated rings. The Morgan fingerprint density at radius 3 is 2.72 bits per heavy atom. The topological polar surface area (TPSA) is 20.3 Å². The Kier molecular flexibility index (Phi) is 4.48. The predicted octanol–water partition coefficient (Wildman–Crippen LogP) is 3.19. The molecule has 0 radical (unpaired) electrons. The van der Waals surface area contributed by atoms with Crippen LogP contribution in [0.1, 0.15) is 41.6 Å². The fourth-order valence-electron chi connectivity index (χ4n) is 2.45. The number of hydrogen-bond acceptors (Lipinski definition) is 2. The van der Waals surface area contributed by atoms with Crippen molar-refractivity contribution in [2.45, 2.75) is 32.6 Å². The molecular formula is C15H20FNO. The molecular weight excluding hydrogens is 229 g/mol. The van der Waals surface area contributed by atoms with Crippen LogP contribution in [0, 0.1) is 12.7 Å². The Morgan fingerprint density at radius 2 is 2.06 bits per heavy atom. The fraction of sp³-hybridized carbons (Fsp3) is 0.533. The number of aryl methyl sites for hydroxylation is 1. The zero-order valence-electron chi connectivity index (χ0n) is 10.9. The van der Waals surface area contributed by atoms with Crippen LogP contribution in [0.2, 0.25) is 0 Å². The molecule has 2 rings (SSSR count). The highest BCUT2D eigenvalue weighted by atomic mass is 19.1. The summed E-state index contributed by atoms with van der Waals surface area (Å²) in [6, 6.07) is 4.81. The molecule has 1 aromatic rings. The van der Waals surface area contributed by atoms with E-state index in [1.807, 2.05) is 6.92 Å². The number of hydrogen-bond donors (Lipinski definition) is 0. The molecule has 0 amide bonds. The van der Waals surface area contributed by atoms with E-state index in [-0.39, 0.29) is 17.2 Å². The average Bonchev–Trinajstić information content (AvgIpc) is 2.81. The van der Waals surface area contributed by atoms with Crippen LogP contribution in [0.3, 0.4) is 0 Å². The van der Waals surface area contributed by atoms with E-state index in [9.17, 15) is 9.18 Å². The first-order chi connectivity index (χ1) is 8.66. The maximum absolute atomic E-state index is 13.6. The third-order valence-electron chi connectivity index (χ3n) is 3.50. The van der Waals surface area contributed by atoms with Gasteiger partial charge in [0.15, 0.2) is 5.78 Å². The van der Waals surface area contributed by atoms with Crippen molar-refractivity contribution in [1.82, 2.24) is 4.90 Å². The summed E-state index contributed by atoms with van der Waals surface area (Å²) in [5.41, 5.74) is 1.09. The lowest BCUT2D eigenvalue weighted by Crippen LogP contribution is -2.21. The number of ketones is 1. The van der Waals surface area contributed by atoms with E-state index in [1.165, 1.54) is 18.9 Å². The van der Waals surface area contributed by atoms with Crippen LogP contribution in [0.5, 0.6) is 0 Å². The molecule has 1 aromatic carbocycles. The standard InChI is InChI=1S/C15H20FNO/c1-12-6-7-13(14(16)11-12)15(18)5-4-10-17-8-2-3-9-17/h6-7,11H,2-5,8-10H2,1H3. The lowest BCUT2D eigenvalue weighted by atomic mass is 10.0. The van der Waals surface area contributed by atoms with Crippen LogP contribution in [0.4, 0.5) is 4.39 Å². The summed E-state index contributed by atoms with van der Waals surface area (Å²) in [4.78, 5) is 14.3. The van der Waals surface area contributed by atoms with Crippen molar-refractivity contribution >= 4 is 5.78 Å². The molecule has 0 aromatic heterocycles. The number of likely N-dealkylation sites (tertiary alicyclic amines) is 1. The van der Waals surface area contributed by atoms with Gasteiger partial charge in [-0.15, -0.1) is 0 Å². The van der Waals surface area contributed by atoms with E-state index in [0.29, 0.717) is 6.42 Å². The largest absolute Gasteiger partial charge is 0.303 e. The summed E-state index contributed by atoms with van der Waals surface area (Å²) in [5.74, 6) is -0.465. The zero-order chi connectivity index (χ0) is 13.0. The Hall–Kier alpha value is -1.22. The highest BCUT2D eigenvalue weighted by Gasteiger charge is 2.14. The Labute approximate surface area is 108 Å². The van der Waals surface area contributed by atoms with Gasteiger partial charge >= 0.3 is 0 Å². The molecule has 1 aliphatic heterocycles. The van der Waals surface area contributed by atoms with Crippen molar-refractivity contribution in [2.75, 3.05) is 19.6 Å². The van der Waals surface area contributed by atoms with Crippen LogP contribution < -0.4 is 0 Å². The van der Waals surface area contributed by atoms with Crippen LogP contribution in [0.25, 0.3) is 0 Å². The number of halogens is 1. The molecule has 0 N–H and O–H groups in total. The minimum atomic E-state index is -0.388. The van der Waals surface area contributed by atoms with Gasteiger partial charge in [0.1, 0.15) is 5.82 Å². The van der Waals surface area contributed by atoms with E-state index in [1.54, 1.807) is 12.1 Å². The van der Waals surface area contributed by atoms with Crippen LogP contribution >= 0.6 is 0 Å². The van der Waals surface area contributed by atoms with Crippen molar-refractivity contribution in [3.8, 4) is 0 Å². The normalized spacial score (nSPS) is 16.1. The Balaban J connectivity index is 1.83. The second-order valence-electron chi connectivity index (χ2n) is 5.06. The number of rotatable bonds is 5. The number of carbonyl (C=O) groups excluding carboxylic acids is 1. The first-order valence-electron chi connectivity index (χ1n) is 6.68. The second-order valence-corrected chi connectivity index (χ2v) is 5.06. The molecule has 1 saturated heterocycles. The van der Waals surface area contributed by atoms with Gasteiger partial charge in [-0.1, -0.05) is 6.07 Å². The van der Waals surface area contributed by atoms with Gasteiger partial charge in [-0.05, 0) is 63.5 Å². The average molecular weight is 249 g/mol. The van der Waals surface area contributed by atoms with Gasteiger partial charge < -0.3 is 4.90 Å². The minimum Gasteiger partial charge on any atom is -0.303 e. The maximum Gasteiger partial charge on any atom is 0.165 e. The van der Waals surface area contributed by atoms with Crippen molar-refractivity contribution in [3.63, 3.8) is 0 Å². The first kappa shape index (κ1) is 13.2. The highest BCUT2D eigenvalue weighted by Crippen LogP contribution is 2.14. The fourth-order valence-corrected chi connectivity index (χ4v) is 2.45. The summed E-state index contributed by atoms with van der Waals surface area (Å²) < 4.78 is 13.6. The Bertz CT molecular complexity index is 425. The first-order valence-corrected chi connectivity index (χ1v) is 6.68. The van der Waals surface area contributed by atoms with Crippen molar-refractivity contribution < 1.29 is 9.18 Å². The van der Waals surface area contributed by atoms with Crippen LogP contribution in [0.15, 0.2) is 18.2 Å². The van der Waals surface area contributed by atoms with Crippen molar-refractivity contribution in [2.24, 2.45) is 0 Å². The lowest BCUT2D eigenvalue weighted by molar-refractivity contribution is 0.0972. The van der Waals surface area contributed by atoms with E-state index in [0.717, 1.165) is 31.6 Å². The molecule has 3 heteroatoms. The third-order valence-corrected chi connectivity index (χ3v) is 3.50. The van der Waals surface area contributed by atoms with Gasteiger partial charge in [0, 0.05) is 6.42 Å². The maximum atomic E-state index is 13.6. The van der Waals surface area contributed by atoms with Gasteiger partial charge in [-0.3, -0.25) is 4.79 Å². The van der Waals surface area contributed by atoms with Crippen molar-refractivity contribution in [3.05, 3.63) is 35.1 Å². The molecule has 0 atom stereocenters. The molecule has 1 heterocycles. The Morgan fingerprint density at radius 1 is 1.33 bits per heavy atom. The summed E-state index contributed by atoms with van der Waals surface area (Å²) in [6.45, 7) is 5.07. The van der Waals surface area contributed by atoms with E-state index in [4.69, 9.17) is 0 Å². The zero-order valence-corrected chi connectivity index (χ0v) is 10.9. The molecule has 0 saturated carbocycles. The van der Waals surface area contributed by atoms with E-state index < -0.39 is 0 Å². The molecule has 2 nitrogen and oxygen atoms in total. The molecule has 0 unspecified atom stereocenters. The van der Waals surface area contributed by atoms with Gasteiger partial charge in [0.2, 0.25) is 0 Å². The number of nitrogens with zero attached hydrogens (tertiary/aromatic N) is 1. The molecule has 0 bridgehead atoms. The monoisotopic (exact) mass is 249 g/mol. The summed E-state index contributed by atoms with van der Waals surface area (Å²) in [7, 11) is 0. The van der Waals surface area contributed by atoms with Gasteiger partial charge in [-0.25, -0.2) is 4.39 Å². The van der Waals surface area contributed by atoms with Gasteiger partial charge in [0.25, 0.3) is 0 Å². The predicted molar refractivity (Wildman–Crippen MR) is 70.4 cm³/mol. The number of Topliss-reactive ketones (excluding diaryl/α,β-unsaturated/α-hetero) is 1. The smallest absolute Gasteiger partial charge is 0.165 e.